The minimum atomic E-state index is -0.435. The first-order valence-electron chi connectivity index (χ1n) is 10.5. The highest BCUT2D eigenvalue weighted by Gasteiger charge is 2.35. The smallest absolute Gasteiger partial charge is 0.408 e. The maximum atomic E-state index is 12.6. The van der Waals surface area contributed by atoms with E-state index in [0.717, 1.165) is 19.3 Å². The fraction of sp³-hybridized carbons (Fsp3) is 0.652. The van der Waals surface area contributed by atoms with E-state index in [-0.39, 0.29) is 11.9 Å². The second-order valence-electron chi connectivity index (χ2n) is 8.82. The minimum Gasteiger partial charge on any atom is -0.446 e. The van der Waals surface area contributed by atoms with Crippen LogP contribution in [0, 0.1) is 17.8 Å². The molecule has 4 nitrogen and oxygen atoms in total. The van der Waals surface area contributed by atoms with Crippen LogP contribution in [-0.2, 0) is 9.53 Å². The normalized spacial score (nSPS) is 31.6. The van der Waals surface area contributed by atoms with Gasteiger partial charge in [-0.05, 0) is 54.9 Å². The van der Waals surface area contributed by atoms with Gasteiger partial charge in [0.25, 0.3) is 0 Å². The molecular formula is C23H33NO3. The zero-order valence-corrected chi connectivity index (χ0v) is 16.8. The van der Waals surface area contributed by atoms with Gasteiger partial charge in [-0.15, -0.1) is 0 Å². The first-order valence-corrected chi connectivity index (χ1v) is 10.5. The number of carbonyl (C=O) groups is 2. The van der Waals surface area contributed by atoms with Crippen LogP contribution >= 0.6 is 0 Å². The Morgan fingerprint density at radius 2 is 1.85 bits per heavy atom. The standard InChI is InChI=1S/C23H33NO3/c1-15(2)19-11-9-16(3)13-22(19)27-23(26)24-20-14-18(10-12-21(20)25)17-7-5-4-6-8-17/h4-8,15-16,18-20,22H,9-14H2,1-3H3,(H,24,26). The number of alkyl carbamates (subject to hydrolysis) is 1. The van der Waals surface area contributed by atoms with E-state index in [1.54, 1.807) is 0 Å². The van der Waals surface area contributed by atoms with Crippen LogP contribution < -0.4 is 5.32 Å². The molecule has 27 heavy (non-hydrogen) atoms. The average Bonchev–Trinajstić information content (AvgIpc) is 2.64. The quantitative estimate of drug-likeness (QED) is 0.803. The van der Waals surface area contributed by atoms with E-state index in [1.165, 1.54) is 12.0 Å². The second kappa shape index (κ2) is 8.90. The molecule has 3 rings (SSSR count). The van der Waals surface area contributed by atoms with Gasteiger partial charge in [0.2, 0.25) is 0 Å². The Hall–Kier alpha value is -1.84. The van der Waals surface area contributed by atoms with Crippen molar-refractivity contribution < 1.29 is 14.3 Å². The Balaban J connectivity index is 1.59. The van der Waals surface area contributed by atoms with Gasteiger partial charge >= 0.3 is 6.09 Å². The zero-order valence-electron chi connectivity index (χ0n) is 16.8. The van der Waals surface area contributed by atoms with Crippen molar-refractivity contribution in [1.82, 2.24) is 5.32 Å². The second-order valence-corrected chi connectivity index (χ2v) is 8.82. The molecule has 5 atom stereocenters. The average molecular weight is 372 g/mol. The van der Waals surface area contributed by atoms with Gasteiger partial charge < -0.3 is 10.1 Å². The van der Waals surface area contributed by atoms with Crippen molar-refractivity contribution in [2.75, 3.05) is 0 Å². The molecular weight excluding hydrogens is 338 g/mol. The number of hydrogen-bond acceptors (Lipinski definition) is 3. The number of nitrogens with one attached hydrogen (secondary N) is 1. The maximum Gasteiger partial charge on any atom is 0.408 e. The molecule has 148 valence electrons. The molecule has 4 heteroatoms. The molecule has 1 aromatic rings. The Morgan fingerprint density at radius 1 is 1.11 bits per heavy atom. The van der Waals surface area contributed by atoms with Crippen LogP contribution in [-0.4, -0.2) is 24.0 Å². The highest BCUT2D eigenvalue weighted by molar-refractivity contribution is 5.88. The lowest BCUT2D eigenvalue weighted by atomic mass is 9.75. The van der Waals surface area contributed by atoms with Crippen molar-refractivity contribution in [3.8, 4) is 0 Å². The molecule has 0 heterocycles. The third-order valence-electron chi connectivity index (χ3n) is 6.43. The summed E-state index contributed by atoms with van der Waals surface area (Å²) in [6, 6.07) is 9.83. The Kier molecular flexibility index (Phi) is 6.56. The van der Waals surface area contributed by atoms with Crippen molar-refractivity contribution in [1.29, 1.82) is 0 Å². The predicted octanol–water partition coefficient (Wildman–Crippen LogP) is 5.08. The van der Waals surface area contributed by atoms with Crippen molar-refractivity contribution in [2.24, 2.45) is 17.8 Å². The summed E-state index contributed by atoms with van der Waals surface area (Å²) in [5.41, 5.74) is 1.24. The Bertz CT molecular complexity index is 642. The molecule has 0 saturated heterocycles. The first-order chi connectivity index (χ1) is 12.9. The maximum absolute atomic E-state index is 12.6. The van der Waals surface area contributed by atoms with Crippen molar-refractivity contribution >= 4 is 11.9 Å². The molecule has 0 bridgehead atoms. The Morgan fingerprint density at radius 3 is 2.56 bits per heavy atom. The number of hydrogen-bond donors (Lipinski definition) is 1. The number of ketones is 1. The van der Waals surface area contributed by atoms with E-state index in [4.69, 9.17) is 4.74 Å². The van der Waals surface area contributed by atoms with E-state index in [2.05, 4.69) is 38.2 Å². The molecule has 2 aliphatic carbocycles. The van der Waals surface area contributed by atoms with Gasteiger partial charge in [-0.3, -0.25) is 4.79 Å². The largest absolute Gasteiger partial charge is 0.446 e. The molecule has 2 aliphatic rings. The Labute approximate surface area is 163 Å². The monoisotopic (exact) mass is 371 g/mol. The summed E-state index contributed by atoms with van der Waals surface area (Å²) in [5, 5.41) is 2.88. The molecule has 2 fully saturated rings. The van der Waals surface area contributed by atoms with Crippen LogP contribution in [0.1, 0.15) is 70.8 Å². The number of rotatable bonds is 4. The number of amides is 1. The van der Waals surface area contributed by atoms with Crippen LogP contribution in [0.3, 0.4) is 0 Å². The van der Waals surface area contributed by atoms with Crippen LogP contribution in [0.2, 0.25) is 0 Å². The lowest BCUT2D eigenvalue weighted by Gasteiger charge is -2.37. The molecule has 0 spiro atoms. The van der Waals surface area contributed by atoms with Gasteiger partial charge in [0.05, 0.1) is 6.04 Å². The van der Waals surface area contributed by atoms with Gasteiger partial charge in [-0.25, -0.2) is 4.79 Å². The van der Waals surface area contributed by atoms with Crippen molar-refractivity contribution in [3.05, 3.63) is 35.9 Å². The lowest BCUT2D eigenvalue weighted by molar-refractivity contribution is -0.122. The third kappa shape index (κ3) is 5.12. The molecule has 1 aromatic carbocycles. The molecule has 0 aromatic heterocycles. The van der Waals surface area contributed by atoms with Gasteiger partial charge in [-0.1, -0.05) is 57.5 Å². The number of carbonyl (C=O) groups excluding carboxylic acids is 2. The van der Waals surface area contributed by atoms with E-state index >= 15 is 0 Å². The van der Waals surface area contributed by atoms with Gasteiger partial charge in [0.15, 0.2) is 5.78 Å². The SMILES string of the molecule is CC1CCC(C(C)C)C(OC(=O)NC2CC(c3ccccc3)CCC2=O)C1. The number of ether oxygens (including phenoxy) is 1. The summed E-state index contributed by atoms with van der Waals surface area (Å²) < 4.78 is 5.83. The van der Waals surface area contributed by atoms with Crippen LogP contribution in [0.15, 0.2) is 30.3 Å². The minimum absolute atomic E-state index is 0.0441. The number of benzene rings is 1. The van der Waals surface area contributed by atoms with Gasteiger partial charge in [0, 0.05) is 6.42 Å². The highest BCUT2D eigenvalue weighted by Crippen LogP contribution is 2.36. The summed E-state index contributed by atoms with van der Waals surface area (Å²) in [5.74, 6) is 1.92. The molecule has 5 unspecified atom stereocenters. The topological polar surface area (TPSA) is 55.4 Å². The summed E-state index contributed by atoms with van der Waals surface area (Å²) in [6.45, 7) is 6.62. The van der Waals surface area contributed by atoms with E-state index in [9.17, 15) is 9.59 Å². The summed E-state index contributed by atoms with van der Waals surface area (Å²) in [6.07, 6.45) is 4.78. The molecule has 0 radical (unpaired) electrons. The van der Waals surface area contributed by atoms with E-state index in [0.29, 0.717) is 36.5 Å². The van der Waals surface area contributed by atoms with E-state index < -0.39 is 12.1 Å². The van der Waals surface area contributed by atoms with Crippen LogP contribution in [0.4, 0.5) is 4.79 Å². The fourth-order valence-corrected chi connectivity index (χ4v) is 4.76. The van der Waals surface area contributed by atoms with Gasteiger partial charge in [0.1, 0.15) is 6.10 Å². The zero-order chi connectivity index (χ0) is 19.4. The molecule has 1 N–H and O–H groups in total. The van der Waals surface area contributed by atoms with Crippen molar-refractivity contribution in [3.63, 3.8) is 0 Å². The molecule has 2 saturated carbocycles. The van der Waals surface area contributed by atoms with Crippen LogP contribution in [0.25, 0.3) is 0 Å². The predicted molar refractivity (Wildman–Crippen MR) is 107 cm³/mol. The molecule has 0 aliphatic heterocycles. The van der Waals surface area contributed by atoms with Crippen molar-refractivity contribution in [2.45, 2.75) is 77.4 Å². The molecule has 1 amide bonds. The summed E-state index contributed by atoms with van der Waals surface area (Å²) in [4.78, 5) is 24.9. The lowest BCUT2D eigenvalue weighted by Crippen LogP contribution is -2.46. The number of Topliss-reactive ketones (excluding diaryl/α,β-unsaturated/α-hetero) is 1. The van der Waals surface area contributed by atoms with E-state index in [1.807, 2.05) is 18.2 Å². The summed E-state index contributed by atoms with van der Waals surface area (Å²) >= 11 is 0. The highest BCUT2D eigenvalue weighted by atomic mass is 16.6. The first kappa shape index (κ1) is 19.9. The summed E-state index contributed by atoms with van der Waals surface area (Å²) in [7, 11) is 0. The third-order valence-corrected chi connectivity index (χ3v) is 6.43. The van der Waals surface area contributed by atoms with Gasteiger partial charge in [-0.2, -0.15) is 0 Å². The van der Waals surface area contributed by atoms with Crippen LogP contribution in [0.5, 0.6) is 0 Å². The fourth-order valence-electron chi connectivity index (χ4n) is 4.76.